The SMILES string of the molecule is CC(NC1CS(=O)(=O)C1)c1ccoc1. The summed E-state index contributed by atoms with van der Waals surface area (Å²) in [6.45, 7) is 2.00. The topological polar surface area (TPSA) is 59.3 Å². The van der Waals surface area contributed by atoms with Gasteiger partial charge < -0.3 is 9.73 Å². The molecular formula is C9H13NO3S. The third-order valence-corrected chi connectivity index (χ3v) is 4.26. The van der Waals surface area contributed by atoms with Gasteiger partial charge in [0.15, 0.2) is 9.84 Å². The summed E-state index contributed by atoms with van der Waals surface area (Å²) in [5.74, 6) is 0.518. The highest BCUT2D eigenvalue weighted by Crippen LogP contribution is 2.17. The molecule has 1 unspecified atom stereocenters. The Bertz CT molecular complexity index is 384. The van der Waals surface area contributed by atoms with Crippen LogP contribution in [-0.4, -0.2) is 26.0 Å². The van der Waals surface area contributed by atoms with Crippen molar-refractivity contribution in [2.24, 2.45) is 0 Å². The normalized spacial score (nSPS) is 22.9. The number of hydrogen-bond donors (Lipinski definition) is 1. The first-order chi connectivity index (χ1) is 6.57. The number of nitrogens with one attached hydrogen (secondary N) is 1. The predicted molar refractivity (Wildman–Crippen MR) is 52.7 cm³/mol. The Balaban J connectivity index is 1.88. The standard InChI is InChI=1S/C9H13NO3S/c1-7(8-2-3-13-4-8)10-9-5-14(11,12)6-9/h2-4,7,9-10H,5-6H2,1H3. The molecule has 0 bridgehead atoms. The summed E-state index contributed by atoms with van der Waals surface area (Å²) in [5, 5.41) is 3.24. The monoisotopic (exact) mass is 215 g/mol. The van der Waals surface area contributed by atoms with Crippen LogP contribution in [0.1, 0.15) is 18.5 Å². The number of rotatable bonds is 3. The zero-order chi connectivity index (χ0) is 10.2. The van der Waals surface area contributed by atoms with Gasteiger partial charge in [-0.3, -0.25) is 0 Å². The van der Waals surface area contributed by atoms with Gasteiger partial charge in [-0.1, -0.05) is 0 Å². The van der Waals surface area contributed by atoms with Gasteiger partial charge in [-0.25, -0.2) is 8.42 Å². The van der Waals surface area contributed by atoms with Gasteiger partial charge in [0.25, 0.3) is 0 Å². The number of hydrogen-bond acceptors (Lipinski definition) is 4. The van der Waals surface area contributed by atoms with E-state index in [1.165, 1.54) is 0 Å². The van der Waals surface area contributed by atoms with E-state index in [1.54, 1.807) is 12.5 Å². The van der Waals surface area contributed by atoms with Gasteiger partial charge in [-0.05, 0) is 13.0 Å². The van der Waals surface area contributed by atoms with E-state index in [2.05, 4.69) is 5.32 Å². The van der Waals surface area contributed by atoms with Crippen molar-refractivity contribution in [3.05, 3.63) is 24.2 Å². The second-order valence-corrected chi connectivity index (χ2v) is 5.87. The molecule has 0 aliphatic carbocycles. The molecule has 1 aromatic rings. The number of sulfone groups is 1. The molecule has 0 spiro atoms. The molecule has 1 N–H and O–H groups in total. The highest BCUT2D eigenvalue weighted by molar-refractivity contribution is 7.92. The van der Waals surface area contributed by atoms with E-state index in [0.717, 1.165) is 5.56 Å². The lowest BCUT2D eigenvalue weighted by Gasteiger charge is -2.29. The zero-order valence-corrected chi connectivity index (χ0v) is 8.75. The van der Waals surface area contributed by atoms with Crippen LogP contribution in [0.15, 0.2) is 23.0 Å². The summed E-state index contributed by atoms with van der Waals surface area (Å²) >= 11 is 0. The fraction of sp³-hybridized carbons (Fsp3) is 0.556. The van der Waals surface area contributed by atoms with E-state index in [-0.39, 0.29) is 23.6 Å². The highest BCUT2D eigenvalue weighted by Gasteiger charge is 2.33. The van der Waals surface area contributed by atoms with Gasteiger partial charge in [0, 0.05) is 17.6 Å². The number of furan rings is 1. The lowest BCUT2D eigenvalue weighted by molar-refractivity contribution is 0.464. The van der Waals surface area contributed by atoms with Gasteiger partial charge in [0.1, 0.15) is 0 Å². The summed E-state index contributed by atoms with van der Waals surface area (Å²) in [4.78, 5) is 0. The zero-order valence-electron chi connectivity index (χ0n) is 7.93. The van der Waals surface area contributed by atoms with Gasteiger partial charge >= 0.3 is 0 Å². The first-order valence-electron chi connectivity index (χ1n) is 4.55. The molecule has 4 nitrogen and oxygen atoms in total. The Morgan fingerprint density at radius 3 is 2.79 bits per heavy atom. The van der Waals surface area contributed by atoms with Gasteiger partial charge in [-0.2, -0.15) is 0 Å². The van der Waals surface area contributed by atoms with Crippen molar-refractivity contribution in [1.29, 1.82) is 0 Å². The van der Waals surface area contributed by atoms with Crippen LogP contribution in [0, 0.1) is 0 Å². The third kappa shape index (κ3) is 1.99. The van der Waals surface area contributed by atoms with E-state index in [0.29, 0.717) is 0 Å². The van der Waals surface area contributed by atoms with E-state index < -0.39 is 9.84 Å². The van der Waals surface area contributed by atoms with Crippen LogP contribution in [0.3, 0.4) is 0 Å². The maximum Gasteiger partial charge on any atom is 0.153 e. The second kappa shape index (κ2) is 3.40. The molecular weight excluding hydrogens is 202 g/mol. The summed E-state index contributed by atoms with van der Waals surface area (Å²) in [5.41, 5.74) is 1.05. The van der Waals surface area contributed by atoms with Crippen LogP contribution in [0.4, 0.5) is 0 Å². The maximum absolute atomic E-state index is 10.9. The first kappa shape index (κ1) is 9.73. The van der Waals surface area contributed by atoms with Crippen molar-refractivity contribution < 1.29 is 12.8 Å². The van der Waals surface area contributed by atoms with Gasteiger partial charge in [0.2, 0.25) is 0 Å². The quantitative estimate of drug-likeness (QED) is 0.807. The van der Waals surface area contributed by atoms with Crippen molar-refractivity contribution >= 4 is 9.84 Å². The molecule has 1 fully saturated rings. The molecule has 1 aliphatic rings. The second-order valence-electron chi connectivity index (χ2n) is 3.72. The van der Waals surface area contributed by atoms with Crippen LogP contribution in [0.5, 0.6) is 0 Å². The molecule has 0 amide bonds. The molecule has 1 saturated heterocycles. The molecule has 0 aromatic carbocycles. The van der Waals surface area contributed by atoms with Gasteiger partial charge in [-0.15, -0.1) is 0 Å². The highest BCUT2D eigenvalue weighted by atomic mass is 32.2. The predicted octanol–water partition coefficient (Wildman–Crippen LogP) is 0.727. The average molecular weight is 215 g/mol. The molecule has 2 rings (SSSR count). The van der Waals surface area contributed by atoms with Crippen LogP contribution in [0.25, 0.3) is 0 Å². The fourth-order valence-electron chi connectivity index (χ4n) is 1.63. The Labute approximate surface area is 83.2 Å². The van der Waals surface area contributed by atoms with Crippen molar-refractivity contribution in [2.45, 2.75) is 19.0 Å². The fourth-order valence-corrected chi connectivity index (χ4v) is 2.95. The summed E-state index contributed by atoms with van der Waals surface area (Å²) in [6.07, 6.45) is 3.29. The molecule has 14 heavy (non-hydrogen) atoms. The molecule has 78 valence electrons. The van der Waals surface area contributed by atoms with Crippen molar-refractivity contribution in [3.8, 4) is 0 Å². The molecule has 2 heterocycles. The van der Waals surface area contributed by atoms with Crippen LogP contribution in [0.2, 0.25) is 0 Å². The van der Waals surface area contributed by atoms with E-state index in [1.807, 2.05) is 13.0 Å². The summed E-state index contributed by atoms with van der Waals surface area (Å²) < 4.78 is 26.8. The van der Waals surface area contributed by atoms with Gasteiger partial charge in [0.05, 0.1) is 24.0 Å². The molecule has 1 aliphatic heterocycles. The Morgan fingerprint density at radius 2 is 2.29 bits per heavy atom. The van der Waals surface area contributed by atoms with Crippen LogP contribution < -0.4 is 5.32 Å². The first-order valence-corrected chi connectivity index (χ1v) is 6.37. The molecule has 0 radical (unpaired) electrons. The minimum absolute atomic E-state index is 0.102. The molecule has 5 heteroatoms. The Hall–Kier alpha value is -0.810. The lowest BCUT2D eigenvalue weighted by Crippen LogP contribution is -2.51. The minimum Gasteiger partial charge on any atom is -0.472 e. The smallest absolute Gasteiger partial charge is 0.153 e. The van der Waals surface area contributed by atoms with Crippen molar-refractivity contribution in [3.63, 3.8) is 0 Å². The van der Waals surface area contributed by atoms with Crippen molar-refractivity contribution in [2.75, 3.05) is 11.5 Å². The Morgan fingerprint density at radius 1 is 1.57 bits per heavy atom. The average Bonchev–Trinajstić information content (AvgIpc) is 2.51. The lowest BCUT2D eigenvalue weighted by atomic mass is 10.1. The van der Waals surface area contributed by atoms with E-state index in [4.69, 9.17) is 4.42 Å². The van der Waals surface area contributed by atoms with Crippen molar-refractivity contribution in [1.82, 2.24) is 5.32 Å². The summed E-state index contributed by atoms with van der Waals surface area (Å²) in [6, 6.07) is 2.13. The van der Waals surface area contributed by atoms with E-state index in [9.17, 15) is 8.42 Å². The minimum atomic E-state index is -2.73. The largest absolute Gasteiger partial charge is 0.472 e. The summed E-state index contributed by atoms with van der Waals surface area (Å²) in [7, 11) is -2.73. The molecule has 0 saturated carbocycles. The van der Waals surface area contributed by atoms with E-state index >= 15 is 0 Å². The molecule has 1 atom stereocenters. The third-order valence-electron chi connectivity index (χ3n) is 2.44. The van der Waals surface area contributed by atoms with Crippen LogP contribution in [-0.2, 0) is 9.84 Å². The molecule has 1 aromatic heterocycles. The maximum atomic E-state index is 10.9. The Kier molecular flexibility index (Phi) is 2.36. The van der Waals surface area contributed by atoms with Crippen LogP contribution >= 0.6 is 0 Å².